The number of carbonyl (C=O) groups is 2. The van der Waals surface area contributed by atoms with Gasteiger partial charge < -0.3 is 10.4 Å². The van der Waals surface area contributed by atoms with Gasteiger partial charge in [0.25, 0.3) is 5.91 Å². The molecule has 0 bridgehead atoms. The number of aromatic nitrogens is 2. The highest BCUT2D eigenvalue weighted by Crippen LogP contribution is 2.47. The van der Waals surface area contributed by atoms with Gasteiger partial charge >= 0.3 is 5.97 Å². The van der Waals surface area contributed by atoms with Gasteiger partial charge in [0.1, 0.15) is 5.69 Å². The summed E-state index contributed by atoms with van der Waals surface area (Å²) in [6, 6.07) is 10.5. The molecule has 3 aromatic rings. The number of carboxylic acid groups (broad SMARTS) is 1. The fraction of sp³-hybridized carbons (Fsp3) is 0.423. The predicted octanol–water partition coefficient (Wildman–Crippen LogP) is 4.68. The molecule has 2 aromatic carbocycles. The van der Waals surface area contributed by atoms with Crippen molar-refractivity contribution in [1.82, 2.24) is 15.1 Å². The summed E-state index contributed by atoms with van der Waals surface area (Å²) in [6.45, 7) is 3.79. The molecule has 11 heteroatoms. The van der Waals surface area contributed by atoms with E-state index in [0.717, 1.165) is 29.1 Å². The predicted molar refractivity (Wildman–Crippen MR) is 147 cm³/mol. The van der Waals surface area contributed by atoms with Crippen molar-refractivity contribution in [2.75, 3.05) is 17.6 Å². The van der Waals surface area contributed by atoms with Gasteiger partial charge in [-0.3, -0.25) is 13.9 Å². The first-order chi connectivity index (χ1) is 17.4. The first kappa shape index (κ1) is 27.1. The fourth-order valence-electron chi connectivity index (χ4n) is 4.75. The van der Waals surface area contributed by atoms with Gasteiger partial charge in [-0.15, -0.1) is 0 Å². The number of aliphatic carboxylic acids is 1. The number of nitrogens with zero attached hydrogens (tertiary/aromatic N) is 3. The number of anilines is 1. The average molecular weight is 592 g/mol. The Labute approximate surface area is 225 Å². The molecule has 0 spiro atoms. The molecule has 198 valence electrons. The number of hydrogen-bond donors (Lipinski definition) is 2. The second-order valence-corrected chi connectivity index (χ2v) is 12.6. The van der Waals surface area contributed by atoms with E-state index < -0.39 is 22.0 Å². The SMILES string of the molecule is CNC(=O)c1c2cc(C3CC3)c(N(C(CCC(=O)O)C(C)C)S(C)(=O)=O)cc2nn1-c1ccc(Br)cc1. The van der Waals surface area contributed by atoms with Crippen molar-refractivity contribution in [3.63, 3.8) is 0 Å². The van der Waals surface area contributed by atoms with Gasteiger partial charge in [-0.05, 0) is 73.1 Å². The van der Waals surface area contributed by atoms with Gasteiger partial charge in [0.05, 0.1) is 23.1 Å². The quantitative estimate of drug-likeness (QED) is 0.353. The molecule has 1 atom stereocenters. The maximum absolute atomic E-state index is 13.2. The van der Waals surface area contributed by atoms with E-state index in [2.05, 4.69) is 21.2 Å². The summed E-state index contributed by atoms with van der Waals surface area (Å²) in [5.74, 6) is -1.25. The number of amides is 1. The van der Waals surface area contributed by atoms with Crippen LogP contribution in [0.15, 0.2) is 40.9 Å². The number of hydrogen-bond acceptors (Lipinski definition) is 5. The van der Waals surface area contributed by atoms with Crippen LogP contribution in [-0.2, 0) is 14.8 Å². The monoisotopic (exact) mass is 590 g/mol. The molecular formula is C26H31BrN4O5S. The van der Waals surface area contributed by atoms with Crippen molar-refractivity contribution in [3.8, 4) is 5.69 Å². The summed E-state index contributed by atoms with van der Waals surface area (Å²) < 4.78 is 30.3. The molecule has 0 radical (unpaired) electrons. The molecule has 1 fully saturated rings. The third-order valence-corrected chi connectivity index (χ3v) is 8.38. The molecule has 9 nitrogen and oxygen atoms in total. The number of halogens is 1. The minimum Gasteiger partial charge on any atom is -0.481 e. The number of carboxylic acids is 1. The Morgan fingerprint density at radius 3 is 2.38 bits per heavy atom. The summed E-state index contributed by atoms with van der Waals surface area (Å²) in [7, 11) is -2.21. The first-order valence-electron chi connectivity index (χ1n) is 12.2. The van der Waals surface area contributed by atoms with Gasteiger partial charge in [0.2, 0.25) is 10.0 Å². The number of carbonyl (C=O) groups excluding carboxylic acids is 1. The molecule has 0 aliphatic heterocycles. The van der Waals surface area contributed by atoms with Crippen LogP contribution in [-0.4, -0.2) is 54.5 Å². The maximum atomic E-state index is 13.2. The summed E-state index contributed by atoms with van der Waals surface area (Å²) in [6.07, 6.45) is 3.01. The Balaban J connectivity index is 1.98. The summed E-state index contributed by atoms with van der Waals surface area (Å²) in [5, 5.41) is 17.4. The number of nitrogens with one attached hydrogen (secondary N) is 1. The van der Waals surface area contributed by atoms with E-state index in [1.807, 2.05) is 44.2 Å². The van der Waals surface area contributed by atoms with Crippen molar-refractivity contribution in [3.05, 3.63) is 52.1 Å². The molecule has 1 amide bonds. The van der Waals surface area contributed by atoms with Gasteiger partial charge in [-0.2, -0.15) is 5.10 Å². The van der Waals surface area contributed by atoms with Crippen molar-refractivity contribution in [2.45, 2.75) is 51.5 Å². The largest absolute Gasteiger partial charge is 0.481 e. The Morgan fingerprint density at radius 1 is 1.22 bits per heavy atom. The van der Waals surface area contributed by atoms with Gasteiger partial charge in [0.15, 0.2) is 0 Å². The molecule has 1 aromatic heterocycles. The lowest BCUT2D eigenvalue weighted by molar-refractivity contribution is -0.137. The minimum atomic E-state index is -3.77. The van der Waals surface area contributed by atoms with Crippen LogP contribution in [0.4, 0.5) is 5.69 Å². The Hall–Kier alpha value is -2.92. The van der Waals surface area contributed by atoms with Crippen molar-refractivity contribution < 1.29 is 23.1 Å². The minimum absolute atomic E-state index is 0.126. The number of fused-ring (bicyclic) bond motifs is 1. The first-order valence-corrected chi connectivity index (χ1v) is 14.8. The molecule has 1 aliphatic rings. The van der Waals surface area contributed by atoms with Crippen LogP contribution in [0.25, 0.3) is 16.6 Å². The Bertz CT molecular complexity index is 1450. The lowest BCUT2D eigenvalue weighted by atomic mass is 9.97. The molecule has 1 saturated carbocycles. The zero-order valence-corrected chi connectivity index (χ0v) is 23.6. The van der Waals surface area contributed by atoms with Crippen LogP contribution in [0.3, 0.4) is 0 Å². The van der Waals surface area contributed by atoms with Crippen molar-refractivity contribution in [2.24, 2.45) is 5.92 Å². The van der Waals surface area contributed by atoms with Crippen molar-refractivity contribution >= 4 is 54.4 Å². The standard InChI is InChI=1S/C26H31BrN4O5S/c1-15(2)22(11-12-24(32)33)31(37(4,35)36)23-14-21-20(13-19(23)16-5-6-16)25(26(34)28-3)30(29-21)18-9-7-17(27)8-10-18/h7-10,13-16,22H,5-6,11-12H2,1-4H3,(H,28,34)(H,32,33). The molecule has 1 heterocycles. The van der Waals surface area contributed by atoms with E-state index in [1.165, 1.54) is 4.31 Å². The summed E-state index contributed by atoms with van der Waals surface area (Å²) in [5.41, 5.74) is 2.87. The van der Waals surface area contributed by atoms with Gasteiger partial charge in [0, 0.05) is 29.4 Å². The normalized spacial score (nSPS) is 14.6. The van der Waals surface area contributed by atoms with E-state index in [1.54, 1.807) is 17.8 Å². The third kappa shape index (κ3) is 5.67. The molecule has 0 saturated heterocycles. The van der Waals surface area contributed by atoms with Crippen LogP contribution in [0.5, 0.6) is 0 Å². The lowest BCUT2D eigenvalue weighted by Gasteiger charge is -2.35. The molecule has 1 unspecified atom stereocenters. The highest BCUT2D eigenvalue weighted by atomic mass is 79.9. The molecule has 1 aliphatic carbocycles. The highest BCUT2D eigenvalue weighted by Gasteiger charge is 2.36. The zero-order valence-electron chi connectivity index (χ0n) is 21.2. The number of rotatable bonds is 10. The zero-order chi connectivity index (χ0) is 27.1. The van der Waals surface area contributed by atoms with E-state index in [9.17, 15) is 23.1 Å². The van der Waals surface area contributed by atoms with E-state index in [4.69, 9.17) is 5.10 Å². The molecule has 4 rings (SSSR count). The molecule has 2 N–H and O–H groups in total. The number of sulfonamides is 1. The van der Waals surface area contributed by atoms with Crippen LogP contribution < -0.4 is 9.62 Å². The van der Waals surface area contributed by atoms with E-state index >= 15 is 0 Å². The van der Waals surface area contributed by atoms with Crippen LogP contribution >= 0.6 is 15.9 Å². The van der Waals surface area contributed by atoms with Gasteiger partial charge in [-0.25, -0.2) is 13.1 Å². The van der Waals surface area contributed by atoms with Gasteiger partial charge in [-0.1, -0.05) is 29.8 Å². The topological polar surface area (TPSA) is 122 Å². The Kier molecular flexibility index (Phi) is 7.66. The Morgan fingerprint density at radius 2 is 1.86 bits per heavy atom. The molecular weight excluding hydrogens is 560 g/mol. The average Bonchev–Trinajstić information content (AvgIpc) is 3.60. The third-order valence-electron chi connectivity index (χ3n) is 6.67. The molecule has 37 heavy (non-hydrogen) atoms. The van der Waals surface area contributed by atoms with E-state index in [0.29, 0.717) is 28.0 Å². The van der Waals surface area contributed by atoms with Crippen LogP contribution in [0.2, 0.25) is 0 Å². The van der Waals surface area contributed by atoms with E-state index in [-0.39, 0.29) is 30.6 Å². The number of benzene rings is 2. The van der Waals surface area contributed by atoms with Crippen LogP contribution in [0.1, 0.15) is 61.5 Å². The second-order valence-electron chi connectivity index (χ2n) is 9.82. The fourth-order valence-corrected chi connectivity index (χ4v) is 6.37. The summed E-state index contributed by atoms with van der Waals surface area (Å²) >= 11 is 3.43. The van der Waals surface area contributed by atoms with Crippen molar-refractivity contribution in [1.29, 1.82) is 0 Å². The highest BCUT2D eigenvalue weighted by molar-refractivity contribution is 9.10. The smallest absolute Gasteiger partial charge is 0.303 e. The summed E-state index contributed by atoms with van der Waals surface area (Å²) in [4.78, 5) is 24.4. The second kappa shape index (κ2) is 10.4. The van der Waals surface area contributed by atoms with Crippen LogP contribution in [0, 0.1) is 5.92 Å². The lowest BCUT2D eigenvalue weighted by Crippen LogP contribution is -2.43. The maximum Gasteiger partial charge on any atom is 0.303 e.